The number of imidazole rings is 1. The Morgan fingerprint density at radius 1 is 1.26 bits per heavy atom. The molecule has 2 saturated heterocycles. The van der Waals surface area contributed by atoms with Gasteiger partial charge in [-0.3, -0.25) is 4.57 Å². The molecule has 0 unspecified atom stereocenters. The number of aromatic nitrogens is 4. The molecule has 23 heavy (non-hydrogen) atoms. The largest absolute Gasteiger partial charge is 0.394 e. The lowest BCUT2D eigenvalue weighted by atomic mass is 10.2. The van der Waals surface area contributed by atoms with Crippen LogP contribution in [0.25, 0.3) is 11.2 Å². The minimum absolute atomic E-state index is 0.174. The number of hydrogen-bond donors (Lipinski definition) is 1. The molecule has 2 aromatic heterocycles. The molecule has 2 fully saturated rings. The molecule has 124 valence electrons. The standard InChI is InChI=1S/C14H18FN5O3/c15-9-5-11(23-10(9)6-21)20-8-18-12-13(16-7-17-14(12)20)19-1-3-22-4-2-19/h7-11,21H,1-6H2/t9-,10+,11+/m0/s1. The van der Waals surface area contributed by atoms with Crippen molar-refractivity contribution in [1.29, 1.82) is 0 Å². The van der Waals surface area contributed by atoms with Gasteiger partial charge in [0.25, 0.3) is 0 Å². The van der Waals surface area contributed by atoms with E-state index in [9.17, 15) is 4.39 Å². The first-order chi connectivity index (χ1) is 11.3. The maximum Gasteiger partial charge on any atom is 0.167 e. The molecule has 0 saturated carbocycles. The average molecular weight is 323 g/mol. The Kier molecular flexibility index (Phi) is 3.83. The van der Waals surface area contributed by atoms with Crippen molar-refractivity contribution in [3.63, 3.8) is 0 Å². The summed E-state index contributed by atoms with van der Waals surface area (Å²) in [5, 5.41) is 9.15. The van der Waals surface area contributed by atoms with Crippen LogP contribution in [0.5, 0.6) is 0 Å². The fraction of sp³-hybridized carbons (Fsp3) is 0.643. The Morgan fingerprint density at radius 3 is 2.83 bits per heavy atom. The van der Waals surface area contributed by atoms with Crippen LogP contribution in [0.2, 0.25) is 0 Å². The van der Waals surface area contributed by atoms with E-state index >= 15 is 0 Å². The van der Waals surface area contributed by atoms with Gasteiger partial charge in [-0.05, 0) is 0 Å². The van der Waals surface area contributed by atoms with Crippen molar-refractivity contribution < 1.29 is 19.0 Å². The molecule has 2 aromatic rings. The summed E-state index contributed by atoms with van der Waals surface area (Å²) in [6.07, 6.45) is 0.755. The van der Waals surface area contributed by atoms with E-state index in [-0.39, 0.29) is 13.0 Å². The number of rotatable bonds is 3. The molecular formula is C14H18FN5O3. The van der Waals surface area contributed by atoms with Gasteiger partial charge in [0.15, 0.2) is 17.0 Å². The van der Waals surface area contributed by atoms with Crippen molar-refractivity contribution in [2.24, 2.45) is 0 Å². The maximum atomic E-state index is 13.8. The summed E-state index contributed by atoms with van der Waals surface area (Å²) in [5.41, 5.74) is 1.28. The summed E-state index contributed by atoms with van der Waals surface area (Å²) >= 11 is 0. The molecule has 0 radical (unpaired) electrons. The number of fused-ring (bicyclic) bond motifs is 1. The van der Waals surface area contributed by atoms with Gasteiger partial charge in [0, 0.05) is 19.5 Å². The van der Waals surface area contributed by atoms with Gasteiger partial charge in [0.05, 0.1) is 26.1 Å². The number of nitrogens with zero attached hydrogens (tertiary/aromatic N) is 5. The first-order valence-corrected chi connectivity index (χ1v) is 7.68. The van der Waals surface area contributed by atoms with Crippen LogP contribution in [0.3, 0.4) is 0 Å². The van der Waals surface area contributed by atoms with Gasteiger partial charge in [-0.2, -0.15) is 0 Å². The molecule has 2 aliphatic heterocycles. The minimum atomic E-state index is -1.19. The zero-order valence-electron chi connectivity index (χ0n) is 12.5. The van der Waals surface area contributed by atoms with Gasteiger partial charge >= 0.3 is 0 Å². The summed E-state index contributed by atoms with van der Waals surface area (Å²) in [6, 6.07) is 0. The lowest BCUT2D eigenvalue weighted by molar-refractivity contribution is -0.0323. The van der Waals surface area contributed by atoms with E-state index in [4.69, 9.17) is 14.6 Å². The summed E-state index contributed by atoms with van der Waals surface area (Å²) in [7, 11) is 0. The molecule has 0 spiro atoms. The first kappa shape index (κ1) is 14.7. The molecule has 2 aliphatic rings. The highest BCUT2D eigenvalue weighted by atomic mass is 19.1. The predicted molar refractivity (Wildman–Crippen MR) is 78.9 cm³/mol. The topological polar surface area (TPSA) is 85.5 Å². The fourth-order valence-corrected chi connectivity index (χ4v) is 3.08. The maximum absolute atomic E-state index is 13.8. The Morgan fingerprint density at radius 2 is 2.09 bits per heavy atom. The highest BCUT2D eigenvalue weighted by molar-refractivity contribution is 5.83. The lowest BCUT2D eigenvalue weighted by Crippen LogP contribution is -2.37. The molecule has 4 heterocycles. The summed E-state index contributed by atoms with van der Waals surface area (Å²) < 4.78 is 26.5. The summed E-state index contributed by atoms with van der Waals surface area (Å²) in [5.74, 6) is 0.755. The quantitative estimate of drug-likeness (QED) is 0.868. The molecule has 0 bridgehead atoms. The molecule has 4 rings (SSSR count). The van der Waals surface area contributed by atoms with Gasteiger partial charge in [-0.15, -0.1) is 0 Å². The van der Waals surface area contributed by atoms with Crippen molar-refractivity contribution in [1.82, 2.24) is 19.5 Å². The van der Waals surface area contributed by atoms with E-state index in [0.717, 1.165) is 18.9 Å². The molecule has 8 nitrogen and oxygen atoms in total. The van der Waals surface area contributed by atoms with Gasteiger partial charge in [-0.1, -0.05) is 0 Å². The van der Waals surface area contributed by atoms with Crippen LogP contribution in [0.15, 0.2) is 12.7 Å². The Balaban J connectivity index is 1.68. The van der Waals surface area contributed by atoms with E-state index < -0.39 is 18.5 Å². The predicted octanol–water partition coefficient (Wildman–Crippen LogP) is 0.281. The molecule has 0 aromatic carbocycles. The van der Waals surface area contributed by atoms with E-state index in [1.807, 2.05) is 0 Å². The van der Waals surface area contributed by atoms with Crippen molar-refractivity contribution in [3.05, 3.63) is 12.7 Å². The SMILES string of the molecule is OC[C@H]1O[C@@H](n2cnc3c(N4CCOCC4)ncnc32)C[C@@H]1F. The molecule has 0 amide bonds. The van der Waals surface area contributed by atoms with Crippen LogP contribution in [0.1, 0.15) is 12.6 Å². The van der Waals surface area contributed by atoms with E-state index in [1.54, 1.807) is 10.9 Å². The monoisotopic (exact) mass is 323 g/mol. The first-order valence-electron chi connectivity index (χ1n) is 7.68. The van der Waals surface area contributed by atoms with Gasteiger partial charge in [0.1, 0.15) is 24.8 Å². The number of hydrogen-bond acceptors (Lipinski definition) is 7. The van der Waals surface area contributed by atoms with Crippen molar-refractivity contribution in [2.45, 2.75) is 24.9 Å². The van der Waals surface area contributed by atoms with Crippen LogP contribution in [-0.4, -0.2) is 69.8 Å². The van der Waals surface area contributed by atoms with Crippen LogP contribution >= 0.6 is 0 Å². The molecular weight excluding hydrogens is 305 g/mol. The van der Waals surface area contributed by atoms with E-state index in [0.29, 0.717) is 24.4 Å². The highest BCUT2D eigenvalue weighted by Crippen LogP contribution is 2.33. The molecule has 0 aliphatic carbocycles. The van der Waals surface area contributed by atoms with Crippen molar-refractivity contribution in [2.75, 3.05) is 37.8 Å². The molecule has 9 heteroatoms. The number of anilines is 1. The smallest absolute Gasteiger partial charge is 0.167 e. The summed E-state index contributed by atoms with van der Waals surface area (Å²) in [6.45, 7) is 2.47. The van der Waals surface area contributed by atoms with Crippen LogP contribution < -0.4 is 4.90 Å². The van der Waals surface area contributed by atoms with Crippen molar-refractivity contribution >= 4 is 17.0 Å². The second-order valence-corrected chi connectivity index (χ2v) is 5.68. The zero-order valence-corrected chi connectivity index (χ0v) is 12.5. The normalized spacial score (nSPS) is 28.6. The third-order valence-corrected chi connectivity index (χ3v) is 4.30. The fourth-order valence-electron chi connectivity index (χ4n) is 3.08. The molecule has 3 atom stereocenters. The van der Waals surface area contributed by atoms with Gasteiger partial charge in [-0.25, -0.2) is 19.3 Å². The number of aliphatic hydroxyl groups is 1. The van der Waals surface area contributed by atoms with Gasteiger partial charge < -0.3 is 19.5 Å². The second-order valence-electron chi connectivity index (χ2n) is 5.68. The Hall–Kier alpha value is -1.84. The highest BCUT2D eigenvalue weighted by Gasteiger charge is 2.37. The van der Waals surface area contributed by atoms with Crippen LogP contribution in [-0.2, 0) is 9.47 Å². The van der Waals surface area contributed by atoms with Crippen molar-refractivity contribution in [3.8, 4) is 0 Å². The van der Waals surface area contributed by atoms with Crippen LogP contribution in [0.4, 0.5) is 10.2 Å². The number of morpholine rings is 1. The number of halogens is 1. The third kappa shape index (κ3) is 2.54. The average Bonchev–Trinajstić information content (AvgIpc) is 3.18. The number of ether oxygens (including phenoxy) is 2. The van der Waals surface area contributed by atoms with Gasteiger partial charge in [0.2, 0.25) is 0 Å². The Labute approximate surface area is 131 Å². The van der Waals surface area contributed by atoms with E-state index in [1.165, 1.54) is 6.33 Å². The van der Waals surface area contributed by atoms with Crippen LogP contribution in [0, 0.1) is 0 Å². The summed E-state index contributed by atoms with van der Waals surface area (Å²) in [4.78, 5) is 15.1. The molecule has 1 N–H and O–H groups in total. The third-order valence-electron chi connectivity index (χ3n) is 4.30. The Bertz CT molecular complexity index is 690. The minimum Gasteiger partial charge on any atom is -0.394 e. The zero-order chi connectivity index (χ0) is 15.8. The van der Waals surface area contributed by atoms with E-state index in [2.05, 4.69) is 19.9 Å². The lowest BCUT2D eigenvalue weighted by Gasteiger charge is -2.27. The number of alkyl halides is 1. The second kappa shape index (κ2) is 5.99. The number of aliphatic hydroxyl groups excluding tert-OH is 1.